The molecule has 8 heteroatoms. The van der Waals surface area contributed by atoms with Crippen molar-refractivity contribution < 1.29 is 14.3 Å². The Kier molecular flexibility index (Phi) is 8.88. The predicted octanol–water partition coefficient (Wildman–Crippen LogP) is 5.44. The zero-order chi connectivity index (χ0) is 23.8. The molecule has 2 N–H and O–H groups in total. The molecule has 2 aromatic carbocycles. The number of amides is 2. The maximum absolute atomic E-state index is 13.1. The lowest BCUT2D eigenvalue weighted by atomic mass is 10.1. The number of anilines is 2. The highest BCUT2D eigenvalue weighted by atomic mass is 35.5. The molecule has 0 saturated heterocycles. The van der Waals surface area contributed by atoms with E-state index in [4.69, 9.17) is 16.3 Å². The molecule has 1 aromatic heterocycles. The molecular formula is C25H28ClN3O3S. The molecular weight excluding hydrogens is 458 g/mol. The number of rotatable bonds is 10. The molecule has 33 heavy (non-hydrogen) atoms. The van der Waals surface area contributed by atoms with Gasteiger partial charge in [-0.3, -0.25) is 14.5 Å². The highest BCUT2D eigenvalue weighted by Crippen LogP contribution is 2.28. The van der Waals surface area contributed by atoms with Gasteiger partial charge < -0.3 is 15.4 Å². The number of halogens is 1. The van der Waals surface area contributed by atoms with Gasteiger partial charge in [0.2, 0.25) is 11.8 Å². The lowest BCUT2D eigenvalue weighted by Gasteiger charge is -2.28. The van der Waals surface area contributed by atoms with Crippen LogP contribution in [0.5, 0.6) is 5.75 Å². The van der Waals surface area contributed by atoms with Crippen LogP contribution in [0.1, 0.15) is 24.3 Å². The minimum absolute atomic E-state index is 0.137. The van der Waals surface area contributed by atoms with E-state index in [1.54, 1.807) is 36.6 Å². The van der Waals surface area contributed by atoms with Gasteiger partial charge >= 0.3 is 0 Å². The van der Waals surface area contributed by atoms with Crippen molar-refractivity contribution in [2.45, 2.75) is 32.9 Å². The molecule has 0 bridgehead atoms. The molecule has 0 aliphatic heterocycles. The third kappa shape index (κ3) is 7.60. The lowest BCUT2D eigenvalue weighted by Crippen LogP contribution is -2.40. The summed E-state index contributed by atoms with van der Waals surface area (Å²) in [6.45, 7) is 4.37. The van der Waals surface area contributed by atoms with E-state index < -0.39 is 0 Å². The summed E-state index contributed by atoms with van der Waals surface area (Å²) in [6.07, 6.45) is 0.847. The third-order valence-corrected chi connectivity index (χ3v) is 6.29. The number of ether oxygens (including phenoxy) is 1. The average molecular weight is 486 g/mol. The molecule has 0 aliphatic rings. The SMILES string of the molecule is COc1ccc(NC(C)=O)cc1NC(=O)CN(Cc1ccc(Cl)cc1)[C@H](C)Cc1cccs1. The number of carbonyl (C=O) groups is 2. The number of carbonyl (C=O) groups excluding carboxylic acids is 2. The van der Waals surface area contributed by atoms with Gasteiger partial charge in [0.1, 0.15) is 5.75 Å². The quantitative estimate of drug-likeness (QED) is 0.401. The first-order chi connectivity index (χ1) is 15.8. The largest absolute Gasteiger partial charge is 0.495 e. The standard InChI is InChI=1S/C25H28ClN3O3S/c1-17(13-22-5-4-12-33-22)29(15-19-6-8-20(26)9-7-19)16-25(31)28-23-14-21(27-18(2)30)10-11-24(23)32-3/h4-12,14,17H,13,15-16H2,1-3H3,(H,27,30)(H,28,31)/t17-/m1/s1. The fourth-order valence-corrected chi connectivity index (χ4v) is 4.45. The topological polar surface area (TPSA) is 70.7 Å². The van der Waals surface area contributed by atoms with Gasteiger partial charge in [-0.1, -0.05) is 29.8 Å². The van der Waals surface area contributed by atoms with E-state index in [1.807, 2.05) is 30.3 Å². The van der Waals surface area contributed by atoms with Gasteiger partial charge in [0, 0.05) is 35.1 Å². The van der Waals surface area contributed by atoms with Gasteiger partial charge in [-0.15, -0.1) is 11.3 Å². The van der Waals surface area contributed by atoms with Crippen molar-refractivity contribution in [1.29, 1.82) is 0 Å². The van der Waals surface area contributed by atoms with Crippen molar-refractivity contribution >= 4 is 46.1 Å². The second-order valence-corrected chi connectivity index (χ2v) is 9.28. The van der Waals surface area contributed by atoms with Gasteiger partial charge in [0.25, 0.3) is 0 Å². The Hall–Kier alpha value is -2.87. The Morgan fingerprint density at radius 1 is 1.12 bits per heavy atom. The Labute approximate surface area is 203 Å². The van der Waals surface area contributed by atoms with Crippen molar-refractivity contribution in [3.63, 3.8) is 0 Å². The van der Waals surface area contributed by atoms with Crippen LogP contribution in [-0.4, -0.2) is 36.4 Å². The van der Waals surface area contributed by atoms with Crippen molar-refractivity contribution in [2.24, 2.45) is 0 Å². The molecule has 1 atom stereocenters. The van der Waals surface area contributed by atoms with Crippen molar-refractivity contribution in [2.75, 3.05) is 24.3 Å². The molecule has 0 fully saturated rings. The molecule has 2 amide bonds. The number of benzene rings is 2. The van der Waals surface area contributed by atoms with E-state index in [0.717, 1.165) is 12.0 Å². The zero-order valence-electron chi connectivity index (χ0n) is 18.9. The van der Waals surface area contributed by atoms with E-state index in [9.17, 15) is 9.59 Å². The summed E-state index contributed by atoms with van der Waals surface area (Å²) in [6, 6.07) is 17.1. The minimum atomic E-state index is -0.186. The van der Waals surface area contributed by atoms with E-state index in [1.165, 1.54) is 11.8 Å². The Morgan fingerprint density at radius 2 is 1.88 bits per heavy atom. The predicted molar refractivity (Wildman–Crippen MR) is 135 cm³/mol. The Bertz CT molecular complexity index is 1070. The summed E-state index contributed by atoms with van der Waals surface area (Å²) in [5.41, 5.74) is 2.17. The number of methoxy groups -OCH3 is 1. The normalized spacial score (nSPS) is 11.8. The molecule has 0 saturated carbocycles. The second-order valence-electron chi connectivity index (χ2n) is 7.81. The fraction of sp³-hybridized carbons (Fsp3) is 0.280. The lowest BCUT2D eigenvalue weighted by molar-refractivity contribution is -0.118. The van der Waals surface area contributed by atoms with Crippen molar-refractivity contribution in [3.05, 3.63) is 75.4 Å². The molecule has 0 aliphatic carbocycles. The monoisotopic (exact) mass is 485 g/mol. The maximum Gasteiger partial charge on any atom is 0.238 e. The molecule has 0 radical (unpaired) electrons. The van der Waals surface area contributed by atoms with E-state index in [2.05, 4.69) is 33.9 Å². The van der Waals surface area contributed by atoms with Gasteiger partial charge in [0.15, 0.2) is 0 Å². The van der Waals surface area contributed by atoms with Crippen LogP contribution in [0.25, 0.3) is 0 Å². The Balaban J connectivity index is 1.76. The number of nitrogens with one attached hydrogen (secondary N) is 2. The summed E-state index contributed by atoms with van der Waals surface area (Å²) in [4.78, 5) is 27.9. The summed E-state index contributed by atoms with van der Waals surface area (Å²) >= 11 is 7.75. The molecule has 0 spiro atoms. The highest BCUT2D eigenvalue weighted by molar-refractivity contribution is 7.09. The smallest absolute Gasteiger partial charge is 0.238 e. The van der Waals surface area contributed by atoms with E-state index in [0.29, 0.717) is 28.7 Å². The second kappa shape index (κ2) is 11.8. The van der Waals surface area contributed by atoms with E-state index in [-0.39, 0.29) is 24.4 Å². The Morgan fingerprint density at radius 3 is 2.52 bits per heavy atom. The highest BCUT2D eigenvalue weighted by Gasteiger charge is 2.20. The first kappa shape index (κ1) is 24.8. The minimum Gasteiger partial charge on any atom is -0.495 e. The summed E-state index contributed by atoms with van der Waals surface area (Å²) in [5.74, 6) is 0.169. The first-order valence-corrected chi connectivity index (χ1v) is 11.9. The maximum atomic E-state index is 13.1. The van der Waals surface area contributed by atoms with Crippen molar-refractivity contribution in [1.82, 2.24) is 4.90 Å². The van der Waals surface area contributed by atoms with Crippen LogP contribution < -0.4 is 15.4 Å². The van der Waals surface area contributed by atoms with Gasteiger partial charge in [-0.2, -0.15) is 0 Å². The third-order valence-electron chi connectivity index (χ3n) is 5.14. The fourth-order valence-electron chi connectivity index (χ4n) is 3.50. The number of nitrogens with zero attached hydrogens (tertiary/aromatic N) is 1. The van der Waals surface area contributed by atoms with Crippen LogP contribution in [0, 0.1) is 0 Å². The van der Waals surface area contributed by atoms with E-state index >= 15 is 0 Å². The van der Waals surface area contributed by atoms with Gasteiger partial charge in [-0.05, 0) is 60.7 Å². The molecule has 3 aromatic rings. The van der Waals surface area contributed by atoms with Crippen LogP contribution in [-0.2, 0) is 22.6 Å². The van der Waals surface area contributed by atoms with Crippen LogP contribution in [0.2, 0.25) is 5.02 Å². The van der Waals surface area contributed by atoms with Crippen LogP contribution >= 0.6 is 22.9 Å². The summed E-state index contributed by atoms with van der Waals surface area (Å²) in [5, 5.41) is 8.41. The molecule has 6 nitrogen and oxygen atoms in total. The first-order valence-electron chi connectivity index (χ1n) is 10.6. The van der Waals surface area contributed by atoms with Crippen LogP contribution in [0.15, 0.2) is 60.0 Å². The molecule has 3 rings (SSSR count). The molecule has 174 valence electrons. The number of thiophene rings is 1. The summed E-state index contributed by atoms with van der Waals surface area (Å²) in [7, 11) is 1.54. The summed E-state index contributed by atoms with van der Waals surface area (Å²) < 4.78 is 5.38. The zero-order valence-corrected chi connectivity index (χ0v) is 20.5. The number of hydrogen-bond acceptors (Lipinski definition) is 5. The molecule has 0 unspecified atom stereocenters. The molecule has 1 heterocycles. The van der Waals surface area contributed by atoms with Crippen LogP contribution in [0.3, 0.4) is 0 Å². The number of hydrogen-bond donors (Lipinski definition) is 2. The van der Waals surface area contributed by atoms with Crippen molar-refractivity contribution in [3.8, 4) is 5.75 Å². The van der Waals surface area contributed by atoms with Crippen LogP contribution in [0.4, 0.5) is 11.4 Å². The van der Waals surface area contributed by atoms with Gasteiger partial charge in [-0.25, -0.2) is 0 Å². The average Bonchev–Trinajstić information content (AvgIpc) is 3.27. The van der Waals surface area contributed by atoms with Gasteiger partial charge in [0.05, 0.1) is 19.3 Å².